The van der Waals surface area contributed by atoms with Crippen molar-refractivity contribution in [2.75, 3.05) is 38.5 Å². The van der Waals surface area contributed by atoms with Crippen LogP contribution in [0.15, 0.2) is 18.2 Å². The SMILES string of the molecule is CNc1cccc(CCCNC(=O)C2CCN(CC(C)=O)CC2)n1. The summed E-state index contributed by atoms with van der Waals surface area (Å²) in [4.78, 5) is 29.9. The number of Topliss-reactive ketones (excluding diaryl/α,β-unsaturated/α-hetero) is 1. The third kappa shape index (κ3) is 5.92. The minimum Gasteiger partial charge on any atom is -0.373 e. The molecule has 6 nitrogen and oxygen atoms in total. The number of carbonyl (C=O) groups excluding carboxylic acids is 2. The van der Waals surface area contributed by atoms with E-state index in [1.54, 1.807) is 6.92 Å². The van der Waals surface area contributed by atoms with Gasteiger partial charge in [0.25, 0.3) is 0 Å². The van der Waals surface area contributed by atoms with Crippen molar-refractivity contribution in [3.8, 4) is 0 Å². The predicted octanol–water partition coefficient (Wildman–Crippen LogP) is 1.47. The first kappa shape index (κ1) is 18.4. The summed E-state index contributed by atoms with van der Waals surface area (Å²) in [5.41, 5.74) is 1.04. The fraction of sp³-hybridized carbons (Fsp3) is 0.611. The maximum Gasteiger partial charge on any atom is 0.223 e. The number of anilines is 1. The number of likely N-dealkylation sites (tertiary alicyclic amines) is 1. The van der Waals surface area contributed by atoms with Crippen molar-refractivity contribution in [2.24, 2.45) is 5.92 Å². The number of aryl methyl sites for hydroxylation is 1. The van der Waals surface area contributed by atoms with Crippen LogP contribution in [-0.2, 0) is 16.0 Å². The van der Waals surface area contributed by atoms with Crippen LogP contribution in [0.4, 0.5) is 5.82 Å². The molecular formula is C18H28N4O2. The molecule has 2 rings (SSSR count). The largest absolute Gasteiger partial charge is 0.373 e. The molecule has 2 heterocycles. The van der Waals surface area contributed by atoms with Gasteiger partial charge in [-0.25, -0.2) is 4.98 Å². The smallest absolute Gasteiger partial charge is 0.223 e. The topological polar surface area (TPSA) is 74.3 Å². The lowest BCUT2D eigenvalue weighted by Gasteiger charge is -2.30. The fourth-order valence-corrected chi connectivity index (χ4v) is 3.05. The number of piperidine rings is 1. The molecule has 0 radical (unpaired) electrons. The number of pyridine rings is 1. The molecule has 1 fully saturated rings. The lowest BCUT2D eigenvalue weighted by atomic mass is 9.95. The van der Waals surface area contributed by atoms with E-state index >= 15 is 0 Å². The van der Waals surface area contributed by atoms with E-state index in [9.17, 15) is 9.59 Å². The van der Waals surface area contributed by atoms with Crippen LogP contribution in [0.5, 0.6) is 0 Å². The quantitative estimate of drug-likeness (QED) is 0.705. The molecule has 6 heteroatoms. The van der Waals surface area contributed by atoms with Crippen LogP contribution in [0.2, 0.25) is 0 Å². The monoisotopic (exact) mass is 332 g/mol. The third-order valence-corrected chi connectivity index (χ3v) is 4.38. The summed E-state index contributed by atoms with van der Waals surface area (Å²) in [5, 5.41) is 6.07. The molecule has 0 aromatic carbocycles. The van der Waals surface area contributed by atoms with Crippen molar-refractivity contribution in [3.05, 3.63) is 23.9 Å². The maximum absolute atomic E-state index is 12.2. The van der Waals surface area contributed by atoms with E-state index in [4.69, 9.17) is 0 Å². The number of ketones is 1. The molecule has 0 bridgehead atoms. The van der Waals surface area contributed by atoms with Gasteiger partial charge in [0.05, 0.1) is 6.54 Å². The van der Waals surface area contributed by atoms with Crippen LogP contribution in [0.1, 0.15) is 31.9 Å². The molecule has 0 aliphatic carbocycles. The van der Waals surface area contributed by atoms with Gasteiger partial charge in [0.1, 0.15) is 11.6 Å². The minimum atomic E-state index is 0.0824. The first-order chi connectivity index (χ1) is 11.6. The fourth-order valence-electron chi connectivity index (χ4n) is 3.05. The van der Waals surface area contributed by atoms with Crippen molar-refractivity contribution >= 4 is 17.5 Å². The van der Waals surface area contributed by atoms with E-state index in [0.29, 0.717) is 13.1 Å². The number of rotatable bonds is 8. The average Bonchev–Trinajstić information content (AvgIpc) is 2.59. The number of amides is 1. The molecule has 1 amide bonds. The molecule has 0 unspecified atom stereocenters. The van der Waals surface area contributed by atoms with Gasteiger partial charge in [-0.05, 0) is 57.8 Å². The second-order valence-corrected chi connectivity index (χ2v) is 6.41. The Morgan fingerprint density at radius 2 is 2.04 bits per heavy atom. The van der Waals surface area contributed by atoms with E-state index in [2.05, 4.69) is 20.5 Å². The Hall–Kier alpha value is -1.95. The molecule has 0 atom stereocenters. The summed E-state index contributed by atoms with van der Waals surface area (Å²) in [6.45, 7) is 4.46. The Kier molecular flexibility index (Phi) is 7.18. The number of hydrogen-bond acceptors (Lipinski definition) is 5. The van der Waals surface area contributed by atoms with Crippen molar-refractivity contribution in [3.63, 3.8) is 0 Å². The molecule has 132 valence electrons. The Morgan fingerprint density at radius 1 is 1.29 bits per heavy atom. The van der Waals surface area contributed by atoms with Crippen molar-refractivity contribution < 1.29 is 9.59 Å². The molecule has 2 N–H and O–H groups in total. The standard InChI is InChI=1S/C18H28N4O2/c1-14(23)13-22-11-8-15(9-12-22)18(24)20-10-4-6-16-5-3-7-17(19-2)21-16/h3,5,7,15H,4,6,8-13H2,1-2H3,(H,19,21)(H,20,24). The average molecular weight is 332 g/mol. The zero-order valence-electron chi connectivity index (χ0n) is 14.7. The van der Waals surface area contributed by atoms with Crippen LogP contribution in [0.25, 0.3) is 0 Å². The van der Waals surface area contributed by atoms with Crippen LogP contribution in [0.3, 0.4) is 0 Å². The lowest BCUT2D eigenvalue weighted by molar-refractivity contribution is -0.126. The Morgan fingerprint density at radius 3 is 2.71 bits per heavy atom. The van der Waals surface area contributed by atoms with Gasteiger partial charge >= 0.3 is 0 Å². The second-order valence-electron chi connectivity index (χ2n) is 6.41. The summed E-state index contributed by atoms with van der Waals surface area (Å²) in [7, 11) is 1.86. The highest BCUT2D eigenvalue weighted by Gasteiger charge is 2.24. The molecule has 24 heavy (non-hydrogen) atoms. The Labute approximate surface area is 144 Å². The molecule has 1 aliphatic heterocycles. The van der Waals surface area contributed by atoms with Gasteiger partial charge in [-0.15, -0.1) is 0 Å². The van der Waals surface area contributed by atoms with Gasteiger partial charge in [-0.1, -0.05) is 6.07 Å². The van der Waals surface area contributed by atoms with Gasteiger partial charge in [0, 0.05) is 25.2 Å². The van der Waals surface area contributed by atoms with Gasteiger partial charge in [0.15, 0.2) is 0 Å². The zero-order valence-corrected chi connectivity index (χ0v) is 14.7. The number of aromatic nitrogens is 1. The third-order valence-electron chi connectivity index (χ3n) is 4.38. The Balaban J connectivity index is 1.64. The highest BCUT2D eigenvalue weighted by Crippen LogP contribution is 2.17. The van der Waals surface area contributed by atoms with Crippen LogP contribution in [0, 0.1) is 5.92 Å². The zero-order chi connectivity index (χ0) is 17.4. The summed E-state index contributed by atoms with van der Waals surface area (Å²) in [6, 6.07) is 5.93. The van der Waals surface area contributed by atoms with E-state index in [0.717, 1.165) is 50.3 Å². The molecule has 0 spiro atoms. The summed E-state index contributed by atoms with van der Waals surface area (Å²) < 4.78 is 0. The number of hydrogen-bond donors (Lipinski definition) is 2. The second kappa shape index (κ2) is 9.37. The van der Waals surface area contributed by atoms with Gasteiger partial charge in [-0.2, -0.15) is 0 Å². The number of nitrogens with zero attached hydrogens (tertiary/aromatic N) is 2. The highest BCUT2D eigenvalue weighted by molar-refractivity contribution is 5.79. The first-order valence-corrected chi connectivity index (χ1v) is 8.71. The summed E-state index contributed by atoms with van der Waals surface area (Å²) in [6.07, 6.45) is 3.41. The molecule has 1 aromatic rings. The predicted molar refractivity (Wildman–Crippen MR) is 95.0 cm³/mol. The first-order valence-electron chi connectivity index (χ1n) is 8.71. The molecule has 1 aliphatic rings. The summed E-state index contributed by atoms with van der Waals surface area (Å²) >= 11 is 0. The number of carbonyl (C=O) groups is 2. The van der Waals surface area contributed by atoms with E-state index in [1.165, 1.54) is 0 Å². The van der Waals surface area contributed by atoms with Gasteiger partial charge < -0.3 is 10.6 Å². The van der Waals surface area contributed by atoms with Crippen molar-refractivity contribution in [2.45, 2.75) is 32.6 Å². The number of nitrogens with one attached hydrogen (secondary N) is 2. The van der Waals surface area contributed by atoms with Crippen LogP contribution in [-0.4, -0.2) is 54.8 Å². The van der Waals surface area contributed by atoms with E-state index < -0.39 is 0 Å². The normalized spacial score (nSPS) is 15.9. The molecule has 0 saturated carbocycles. The highest BCUT2D eigenvalue weighted by atomic mass is 16.2. The van der Waals surface area contributed by atoms with Crippen LogP contribution >= 0.6 is 0 Å². The van der Waals surface area contributed by atoms with Gasteiger partial charge in [0.2, 0.25) is 5.91 Å². The van der Waals surface area contributed by atoms with E-state index in [1.807, 2.05) is 25.2 Å². The Bertz CT molecular complexity index is 554. The van der Waals surface area contributed by atoms with Crippen LogP contribution < -0.4 is 10.6 Å². The molecule has 1 aromatic heterocycles. The van der Waals surface area contributed by atoms with Gasteiger partial charge in [-0.3, -0.25) is 14.5 Å². The molecule has 1 saturated heterocycles. The maximum atomic E-state index is 12.2. The molecular weight excluding hydrogens is 304 g/mol. The van der Waals surface area contributed by atoms with E-state index in [-0.39, 0.29) is 17.6 Å². The van der Waals surface area contributed by atoms with Crippen molar-refractivity contribution in [1.82, 2.24) is 15.2 Å². The summed E-state index contributed by atoms with van der Waals surface area (Å²) in [5.74, 6) is 1.29. The van der Waals surface area contributed by atoms with Crippen molar-refractivity contribution in [1.29, 1.82) is 0 Å². The minimum absolute atomic E-state index is 0.0824. The lowest BCUT2D eigenvalue weighted by Crippen LogP contribution is -2.42.